The van der Waals surface area contributed by atoms with Crippen LogP contribution < -0.4 is 0 Å². The molecule has 0 N–H and O–H groups in total. The second kappa shape index (κ2) is 11.1. The lowest BCUT2D eigenvalue weighted by molar-refractivity contribution is 0.243. The van der Waals surface area contributed by atoms with Gasteiger partial charge < -0.3 is 0 Å². The van der Waals surface area contributed by atoms with Crippen molar-refractivity contribution in [2.75, 3.05) is 0 Å². The van der Waals surface area contributed by atoms with Gasteiger partial charge >= 0.3 is 0 Å². The summed E-state index contributed by atoms with van der Waals surface area (Å²) in [6.45, 7) is 6.10. The largest absolute Gasteiger partial charge is 0.103 e. The van der Waals surface area contributed by atoms with E-state index in [2.05, 4.69) is 31.7 Å². The molecule has 0 unspecified atom stereocenters. The average Bonchev–Trinajstić information content (AvgIpc) is 2.61. The monoisotopic (exact) mass is 316 g/mol. The van der Waals surface area contributed by atoms with Crippen molar-refractivity contribution in [3.05, 3.63) is 24.8 Å². The van der Waals surface area contributed by atoms with Crippen LogP contribution in [0.25, 0.3) is 0 Å². The smallest absolute Gasteiger partial charge is 0.0236 e. The van der Waals surface area contributed by atoms with Crippen LogP contribution in [0.4, 0.5) is 0 Å². The second-order valence-electron chi connectivity index (χ2n) is 8.33. The van der Waals surface area contributed by atoms with Gasteiger partial charge in [-0.05, 0) is 69.1 Å². The highest BCUT2D eigenvalue weighted by Crippen LogP contribution is 2.35. The van der Waals surface area contributed by atoms with Crippen molar-refractivity contribution < 1.29 is 0 Å². The van der Waals surface area contributed by atoms with Gasteiger partial charge in [0.1, 0.15) is 0 Å². The Morgan fingerprint density at radius 2 is 1.22 bits per heavy atom. The molecular formula is C23H40. The molecule has 0 aromatic carbocycles. The molecule has 0 heteroatoms. The minimum absolute atomic E-state index is 0.828. The molecule has 0 nitrogen and oxygen atoms in total. The van der Waals surface area contributed by atoms with Crippen LogP contribution >= 0.6 is 0 Å². The summed E-state index contributed by atoms with van der Waals surface area (Å²) in [6, 6.07) is 0. The van der Waals surface area contributed by atoms with Crippen LogP contribution in [0.1, 0.15) is 96.8 Å². The maximum Gasteiger partial charge on any atom is -0.0236 e. The molecule has 2 saturated carbocycles. The zero-order valence-electron chi connectivity index (χ0n) is 15.6. The lowest BCUT2D eigenvalue weighted by atomic mass is 9.77. The van der Waals surface area contributed by atoms with Gasteiger partial charge in [0.05, 0.1) is 0 Å². The Morgan fingerprint density at radius 1 is 0.739 bits per heavy atom. The lowest BCUT2D eigenvalue weighted by Gasteiger charge is -2.29. The van der Waals surface area contributed by atoms with Crippen LogP contribution in [0.2, 0.25) is 0 Å². The summed E-state index contributed by atoms with van der Waals surface area (Å²) in [7, 11) is 0. The number of hydrogen-bond donors (Lipinski definition) is 0. The van der Waals surface area contributed by atoms with E-state index in [9.17, 15) is 0 Å². The molecule has 0 aromatic heterocycles. The van der Waals surface area contributed by atoms with Gasteiger partial charge in [0.15, 0.2) is 0 Å². The molecule has 0 spiro atoms. The fraction of sp³-hybridized carbons (Fsp3) is 0.826. The molecule has 0 amide bonds. The van der Waals surface area contributed by atoms with Gasteiger partial charge in [-0.15, -0.1) is 6.58 Å². The molecule has 0 radical (unpaired) electrons. The van der Waals surface area contributed by atoms with E-state index in [1.807, 2.05) is 0 Å². The van der Waals surface area contributed by atoms with Crippen molar-refractivity contribution in [1.29, 1.82) is 0 Å². The van der Waals surface area contributed by atoms with Gasteiger partial charge in [-0.25, -0.2) is 0 Å². The van der Waals surface area contributed by atoms with Crippen molar-refractivity contribution >= 4 is 0 Å². The summed E-state index contributed by atoms with van der Waals surface area (Å²) >= 11 is 0. The summed E-state index contributed by atoms with van der Waals surface area (Å²) < 4.78 is 0. The van der Waals surface area contributed by atoms with E-state index < -0.39 is 0 Å². The Balaban J connectivity index is 1.47. The van der Waals surface area contributed by atoms with Crippen LogP contribution in [0, 0.1) is 23.7 Å². The van der Waals surface area contributed by atoms with E-state index in [1.165, 1.54) is 89.9 Å². The van der Waals surface area contributed by atoms with Crippen LogP contribution in [0.3, 0.4) is 0 Å². The number of rotatable bonds is 9. The van der Waals surface area contributed by atoms with Gasteiger partial charge in [-0.2, -0.15) is 0 Å². The normalized spacial score (nSPS) is 32.2. The summed E-state index contributed by atoms with van der Waals surface area (Å²) in [5, 5.41) is 0. The average molecular weight is 317 g/mol. The first kappa shape index (κ1) is 18.8. The number of unbranched alkanes of at least 4 members (excludes halogenated alkanes) is 1. The second-order valence-corrected chi connectivity index (χ2v) is 8.33. The molecule has 0 saturated heterocycles. The highest BCUT2D eigenvalue weighted by atomic mass is 14.3. The first-order chi connectivity index (χ1) is 11.3. The van der Waals surface area contributed by atoms with Crippen LogP contribution in [0.15, 0.2) is 24.8 Å². The first-order valence-electron chi connectivity index (χ1n) is 10.6. The van der Waals surface area contributed by atoms with Gasteiger partial charge in [-0.3, -0.25) is 0 Å². The Bertz CT molecular complexity index is 324. The number of allylic oxidation sites excluding steroid dienone is 3. The van der Waals surface area contributed by atoms with Gasteiger partial charge in [0.25, 0.3) is 0 Å². The third-order valence-corrected chi connectivity index (χ3v) is 6.64. The fourth-order valence-corrected chi connectivity index (χ4v) is 4.89. The summed E-state index contributed by atoms with van der Waals surface area (Å²) in [4.78, 5) is 0. The Morgan fingerprint density at radius 3 is 1.70 bits per heavy atom. The van der Waals surface area contributed by atoms with E-state index >= 15 is 0 Å². The molecule has 0 atom stereocenters. The van der Waals surface area contributed by atoms with Crippen LogP contribution in [0.5, 0.6) is 0 Å². The predicted molar refractivity (Wildman–Crippen MR) is 104 cm³/mol. The van der Waals surface area contributed by atoms with E-state index in [0.717, 1.165) is 23.7 Å². The van der Waals surface area contributed by atoms with Crippen molar-refractivity contribution in [2.24, 2.45) is 23.7 Å². The molecule has 2 aliphatic carbocycles. The highest BCUT2D eigenvalue weighted by Gasteiger charge is 2.21. The third kappa shape index (κ3) is 7.27. The topological polar surface area (TPSA) is 0 Å². The lowest BCUT2D eigenvalue weighted by Crippen LogP contribution is -2.15. The molecule has 0 bridgehead atoms. The fourth-order valence-electron chi connectivity index (χ4n) is 4.89. The van der Waals surface area contributed by atoms with E-state index in [0.29, 0.717) is 0 Å². The standard InChI is InChI=1S/C23H40/c1-3-5-6-9-21-16-18-23(19-17-21)11-8-7-10-22-14-12-20(4-2)13-15-22/h3-5,20-23H,2,6-19H2,1H3/t20?,21-,22?,23-. The van der Waals surface area contributed by atoms with E-state index in [-0.39, 0.29) is 0 Å². The van der Waals surface area contributed by atoms with E-state index in [4.69, 9.17) is 0 Å². The summed E-state index contributed by atoms with van der Waals surface area (Å²) in [5.74, 6) is 3.95. The first-order valence-corrected chi connectivity index (χ1v) is 10.6. The molecule has 0 aromatic rings. The van der Waals surface area contributed by atoms with Crippen molar-refractivity contribution in [3.8, 4) is 0 Å². The zero-order chi connectivity index (χ0) is 16.3. The minimum Gasteiger partial charge on any atom is -0.103 e. The zero-order valence-corrected chi connectivity index (χ0v) is 15.6. The third-order valence-electron chi connectivity index (χ3n) is 6.64. The quantitative estimate of drug-likeness (QED) is 0.302. The summed E-state index contributed by atoms with van der Waals surface area (Å²) in [5.41, 5.74) is 0. The van der Waals surface area contributed by atoms with Crippen LogP contribution in [-0.4, -0.2) is 0 Å². The van der Waals surface area contributed by atoms with Crippen molar-refractivity contribution in [3.63, 3.8) is 0 Å². The van der Waals surface area contributed by atoms with Crippen molar-refractivity contribution in [2.45, 2.75) is 96.8 Å². The van der Waals surface area contributed by atoms with Crippen molar-refractivity contribution in [1.82, 2.24) is 0 Å². The predicted octanol–water partition coefficient (Wildman–Crippen LogP) is 7.70. The Kier molecular flexibility index (Phi) is 9.09. The van der Waals surface area contributed by atoms with Crippen LogP contribution in [-0.2, 0) is 0 Å². The van der Waals surface area contributed by atoms with E-state index in [1.54, 1.807) is 0 Å². The molecular weight excluding hydrogens is 276 g/mol. The highest BCUT2D eigenvalue weighted by molar-refractivity contribution is 4.84. The maximum atomic E-state index is 3.96. The molecule has 132 valence electrons. The molecule has 2 fully saturated rings. The molecule has 23 heavy (non-hydrogen) atoms. The minimum atomic E-state index is 0.828. The molecule has 2 rings (SSSR count). The van der Waals surface area contributed by atoms with Gasteiger partial charge in [0, 0.05) is 0 Å². The molecule has 0 aliphatic heterocycles. The SMILES string of the molecule is C=CC1CCC(CCCC[C@H]2CC[C@H](CCC=CC)CC2)CC1. The van der Waals surface area contributed by atoms with Gasteiger partial charge in [0.2, 0.25) is 0 Å². The summed E-state index contributed by atoms with van der Waals surface area (Å²) in [6.07, 6.45) is 27.3. The number of hydrogen-bond acceptors (Lipinski definition) is 0. The molecule has 2 aliphatic rings. The maximum absolute atomic E-state index is 3.96. The molecule has 0 heterocycles. The van der Waals surface area contributed by atoms with Gasteiger partial charge in [-0.1, -0.05) is 69.6 Å². The Hall–Kier alpha value is -0.520. The Labute approximate surface area is 145 Å².